The Hall–Kier alpha value is -2.37. The molecule has 0 aliphatic heterocycles. The van der Waals surface area contributed by atoms with Crippen LogP contribution in [-0.2, 0) is 6.42 Å². The fourth-order valence-corrected chi connectivity index (χ4v) is 2.40. The quantitative estimate of drug-likeness (QED) is 0.736. The molecule has 1 N–H and O–H groups in total. The molecule has 116 valence electrons. The van der Waals surface area contributed by atoms with Gasteiger partial charge in [0.15, 0.2) is 5.82 Å². The lowest BCUT2D eigenvalue weighted by Gasteiger charge is -2.01. The van der Waals surface area contributed by atoms with Crippen LogP contribution < -0.4 is 5.69 Å². The standard InChI is InChI=1S/C16H12Cl2N4O/c17-13-6-4-11(5-7-13)10-19-22-15(20-21-16(22)23)9-12-2-1-3-14(18)8-12/h1-8,10H,9H2,(H,21,23)/b19-10+. The monoisotopic (exact) mass is 346 g/mol. The Morgan fingerprint density at radius 3 is 2.65 bits per heavy atom. The van der Waals surface area contributed by atoms with Crippen LogP contribution in [0.4, 0.5) is 0 Å². The number of H-pyrrole nitrogens is 1. The summed E-state index contributed by atoms with van der Waals surface area (Å²) in [6, 6.07) is 14.5. The second-order valence-corrected chi connectivity index (χ2v) is 5.73. The van der Waals surface area contributed by atoms with Crippen LogP contribution in [0.5, 0.6) is 0 Å². The SMILES string of the molecule is O=c1[nH]nc(Cc2cccc(Cl)c2)n1/N=C/c1ccc(Cl)cc1. The van der Waals surface area contributed by atoms with Crippen molar-refractivity contribution in [3.63, 3.8) is 0 Å². The van der Waals surface area contributed by atoms with E-state index in [0.29, 0.717) is 22.3 Å². The van der Waals surface area contributed by atoms with Crippen LogP contribution in [0.15, 0.2) is 58.4 Å². The number of hydrogen-bond acceptors (Lipinski definition) is 3. The lowest BCUT2D eigenvalue weighted by atomic mass is 10.1. The van der Waals surface area contributed by atoms with E-state index in [-0.39, 0.29) is 0 Å². The van der Waals surface area contributed by atoms with Crippen molar-refractivity contribution >= 4 is 29.4 Å². The molecule has 1 aromatic heterocycles. The fourth-order valence-electron chi connectivity index (χ4n) is 2.06. The minimum atomic E-state index is -0.396. The van der Waals surface area contributed by atoms with Gasteiger partial charge < -0.3 is 0 Å². The Labute approximate surface area is 142 Å². The van der Waals surface area contributed by atoms with Gasteiger partial charge in [0.05, 0.1) is 6.21 Å². The third-order valence-electron chi connectivity index (χ3n) is 3.16. The largest absolute Gasteiger partial charge is 0.364 e. The van der Waals surface area contributed by atoms with Gasteiger partial charge in [-0.05, 0) is 35.4 Å². The second-order valence-electron chi connectivity index (χ2n) is 4.86. The van der Waals surface area contributed by atoms with Crippen molar-refractivity contribution in [3.8, 4) is 0 Å². The number of halogens is 2. The summed E-state index contributed by atoms with van der Waals surface area (Å²) in [6.07, 6.45) is 2.02. The number of aromatic nitrogens is 3. The Kier molecular flexibility index (Phi) is 4.60. The molecule has 0 aliphatic rings. The number of nitrogens with zero attached hydrogens (tertiary/aromatic N) is 3. The molecule has 0 unspecified atom stereocenters. The first-order chi connectivity index (χ1) is 11.1. The van der Waals surface area contributed by atoms with Gasteiger partial charge in [0, 0.05) is 16.5 Å². The highest BCUT2D eigenvalue weighted by Crippen LogP contribution is 2.13. The van der Waals surface area contributed by atoms with Crippen molar-refractivity contribution in [2.75, 3.05) is 0 Å². The Bertz CT molecular complexity index is 897. The van der Waals surface area contributed by atoms with Crippen LogP contribution in [0.3, 0.4) is 0 Å². The van der Waals surface area contributed by atoms with E-state index < -0.39 is 5.69 Å². The average molecular weight is 347 g/mol. The van der Waals surface area contributed by atoms with Gasteiger partial charge in [-0.2, -0.15) is 14.9 Å². The van der Waals surface area contributed by atoms with E-state index in [1.165, 1.54) is 4.68 Å². The summed E-state index contributed by atoms with van der Waals surface area (Å²) in [5.74, 6) is 0.502. The highest BCUT2D eigenvalue weighted by Gasteiger charge is 2.08. The molecule has 3 aromatic rings. The molecule has 1 heterocycles. The van der Waals surface area contributed by atoms with Crippen LogP contribution in [0, 0.1) is 0 Å². The summed E-state index contributed by atoms with van der Waals surface area (Å²) < 4.78 is 1.23. The lowest BCUT2D eigenvalue weighted by molar-refractivity contribution is 0.775. The Balaban J connectivity index is 1.87. The van der Waals surface area contributed by atoms with E-state index >= 15 is 0 Å². The molecule has 0 saturated heterocycles. The summed E-state index contributed by atoms with van der Waals surface area (Å²) in [4.78, 5) is 11.9. The van der Waals surface area contributed by atoms with E-state index in [1.54, 1.807) is 24.4 Å². The van der Waals surface area contributed by atoms with Crippen LogP contribution >= 0.6 is 23.2 Å². The number of aromatic amines is 1. The normalized spacial score (nSPS) is 11.2. The molecule has 0 radical (unpaired) electrons. The molecule has 7 heteroatoms. The second kappa shape index (κ2) is 6.81. The predicted octanol–water partition coefficient (Wildman–Crippen LogP) is 3.35. The zero-order chi connectivity index (χ0) is 16.2. The van der Waals surface area contributed by atoms with Crippen LogP contribution in [0.25, 0.3) is 0 Å². The highest BCUT2D eigenvalue weighted by atomic mass is 35.5. The predicted molar refractivity (Wildman–Crippen MR) is 91.5 cm³/mol. The topological polar surface area (TPSA) is 63.0 Å². The van der Waals surface area contributed by atoms with Crippen molar-refractivity contribution in [1.29, 1.82) is 0 Å². The number of hydrogen-bond donors (Lipinski definition) is 1. The maximum absolute atomic E-state index is 11.9. The van der Waals surface area contributed by atoms with E-state index in [2.05, 4.69) is 15.3 Å². The third-order valence-corrected chi connectivity index (χ3v) is 3.65. The molecule has 0 saturated carbocycles. The maximum Gasteiger partial charge on any atom is 0.364 e. The molecule has 5 nitrogen and oxygen atoms in total. The highest BCUT2D eigenvalue weighted by molar-refractivity contribution is 6.30. The van der Waals surface area contributed by atoms with E-state index in [0.717, 1.165) is 11.1 Å². The van der Waals surface area contributed by atoms with Crippen molar-refractivity contribution in [2.45, 2.75) is 6.42 Å². The van der Waals surface area contributed by atoms with Gasteiger partial charge in [0.1, 0.15) is 0 Å². The smallest absolute Gasteiger partial charge is 0.244 e. The summed E-state index contributed by atoms with van der Waals surface area (Å²) in [5, 5.41) is 11.9. The van der Waals surface area contributed by atoms with Crippen molar-refractivity contribution in [1.82, 2.24) is 14.9 Å². The molecule has 3 rings (SSSR count). The molecule has 0 fully saturated rings. The van der Waals surface area contributed by atoms with Gasteiger partial charge in [0.2, 0.25) is 0 Å². The van der Waals surface area contributed by atoms with E-state index in [4.69, 9.17) is 23.2 Å². The fraction of sp³-hybridized carbons (Fsp3) is 0.0625. The first kappa shape index (κ1) is 15.5. The first-order valence-corrected chi connectivity index (χ1v) is 7.58. The molecule has 0 amide bonds. The average Bonchev–Trinajstić information content (AvgIpc) is 2.87. The van der Waals surface area contributed by atoms with Gasteiger partial charge in [-0.1, -0.05) is 47.5 Å². The molecule has 0 bridgehead atoms. The van der Waals surface area contributed by atoms with Gasteiger partial charge in [0.25, 0.3) is 0 Å². The zero-order valence-electron chi connectivity index (χ0n) is 11.9. The molecule has 0 spiro atoms. The number of nitrogens with one attached hydrogen (secondary N) is 1. The van der Waals surface area contributed by atoms with Gasteiger partial charge in [-0.3, -0.25) is 0 Å². The van der Waals surface area contributed by atoms with Crippen LogP contribution in [-0.4, -0.2) is 21.1 Å². The molecule has 2 aromatic carbocycles. The minimum absolute atomic E-state index is 0.396. The van der Waals surface area contributed by atoms with E-state index in [1.807, 2.05) is 30.3 Å². The Morgan fingerprint density at radius 1 is 1.13 bits per heavy atom. The number of benzene rings is 2. The summed E-state index contributed by atoms with van der Waals surface area (Å²) in [7, 11) is 0. The number of rotatable bonds is 4. The maximum atomic E-state index is 11.9. The van der Waals surface area contributed by atoms with Crippen molar-refractivity contribution < 1.29 is 0 Å². The molecular formula is C16H12Cl2N4O. The van der Waals surface area contributed by atoms with Gasteiger partial charge in [-0.25, -0.2) is 9.89 Å². The summed E-state index contributed by atoms with van der Waals surface area (Å²) >= 11 is 11.8. The lowest BCUT2D eigenvalue weighted by Crippen LogP contribution is -2.15. The van der Waals surface area contributed by atoms with E-state index in [9.17, 15) is 4.79 Å². The minimum Gasteiger partial charge on any atom is -0.244 e. The third kappa shape index (κ3) is 3.88. The zero-order valence-corrected chi connectivity index (χ0v) is 13.4. The molecular weight excluding hydrogens is 335 g/mol. The first-order valence-electron chi connectivity index (χ1n) is 6.82. The van der Waals surface area contributed by atoms with Crippen LogP contribution in [0.1, 0.15) is 17.0 Å². The van der Waals surface area contributed by atoms with Crippen LogP contribution in [0.2, 0.25) is 10.0 Å². The molecule has 0 atom stereocenters. The summed E-state index contributed by atoms with van der Waals surface area (Å²) in [6.45, 7) is 0. The van der Waals surface area contributed by atoms with Gasteiger partial charge >= 0.3 is 5.69 Å². The van der Waals surface area contributed by atoms with Crippen molar-refractivity contribution in [3.05, 3.63) is 86.0 Å². The van der Waals surface area contributed by atoms with Crippen molar-refractivity contribution in [2.24, 2.45) is 5.10 Å². The Morgan fingerprint density at radius 2 is 1.91 bits per heavy atom. The summed E-state index contributed by atoms with van der Waals surface area (Å²) in [5.41, 5.74) is 1.38. The van der Waals surface area contributed by atoms with Gasteiger partial charge in [-0.15, -0.1) is 0 Å². The molecule has 0 aliphatic carbocycles. The molecule has 23 heavy (non-hydrogen) atoms.